The molecular weight excluding hydrogens is 410 g/mol. The van der Waals surface area contributed by atoms with Gasteiger partial charge in [0.2, 0.25) is 5.88 Å². The van der Waals surface area contributed by atoms with Gasteiger partial charge in [-0.1, -0.05) is 49.2 Å². The van der Waals surface area contributed by atoms with Gasteiger partial charge in [-0.25, -0.2) is 4.68 Å². The van der Waals surface area contributed by atoms with E-state index in [-0.39, 0.29) is 6.10 Å². The van der Waals surface area contributed by atoms with Crippen molar-refractivity contribution in [2.75, 3.05) is 6.54 Å². The minimum Gasteiger partial charge on any atom is -0.439 e. The number of para-hydroxylation sites is 1. The Hall–Kier alpha value is -2.34. The molecule has 1 aliphatic rings. The Morgan fingerprint density at radius 3 is 2.65 bits per heavy atom. The number of benzene rings is 2. The minimum atomic E-state index is -0.313. The lowest BCUT2D eigenvalue weighted by Gasteiger charge is -2.25. The molecule has 1 heterocycles. The molecule has 0 spiro atoms. The fourth-order valence-electron chi connectivity index (χ4n) is 3.89. The maximum absolute atomic E-state index is 10.5. The fourth-order valence-corrected chi connectivity index (χ4v) is 4.07. The quantitative estimate of drug-likeness (QED) is 0.436. The Kier molecular flexibility index (Phi) is 6.96. The summed E-state index contributed by atoms with van der Waals surface area (Å²) in [7, 11) is 0. The second kappa shape index (κ2) is 9.86. The molecule has 1 aliphatic carbocycles. The number of aromatic nitrogens is 2. The van der Waals surface area contributed by atoms with Gasteiger partial charge in [0.05, 0.1) is 23.0 Å². The van der Waals surface area contributed by atoms with Crippen molar-refractivity contribution < 1.29 is 9.84 Å². The van der Waals surface area contributed by atoms with E-state index in [1.807, 2.05) is 66.2 Å². The highest BCUT2D eigenvalue weighted by atomic mass is 35.5. The Morgan fingerprint density at radius 2 is 1.97 bits per heavy atom. The number of aryl methyl sites for hydroxylation is 1. The molecule has 0 aliphatic heterocycles. The molecule has 0 bridgehead atoms. The van der Waals surface area contributed by atoms with Crippen molar-refractivity contribution in [1.82, 2.24) is 14.7 Å². The van der Waals surface area contributed by atoms with Crippen molar-refractivity contribution in [2.24, 2.45) is 0 Å². The standard InChI is InChI=1S/C25H30ClN3O2/c1-3-8-22(30)16-28(20-13-14-20)17-24-18(2)27-29(21-10-7-9-19(26)15-21)25(24)31-23-11-5-4-6-12-23/h4-7,9-12,15,20,22,30H,3,8,13-14,16-17H2,1-2H3/t22-/m0/s1. The number of hydrogen-bond acceptors (Lipinski definition) is 4. The lowest BCUT2D eigenvalue weighted by molar-refractivity contribution is 0.0961. The zero-order valence-corrected chi connectivity index (χ0v) is 18.9. The van der Waals surface area contributed by atoms with Crippen LogP contribution in [0.4, 0.5) is 0 Å². The van der Waals surface area contributed by atoms with Gasteiger partial charge in [-0.05, 0) is 56.5 Å². The molecule has 4 rings (SSSR count). The lowest BCUT2D eigenvalue weighted by Crippen LogP contribution is -2.34. The second-order valence-corrected chi connectivity index (χ2v) is 8.72. The van der Waals surface area contributed by atoms with Crippen molar-refractivity contribution >= 4 is 11.6 Å². The Morgan fingerprint density at radius 1 is 1.19 bits per heavy atom. The number of halogens is 1. The van der Waals surface area contributed by atoms with Gasteiger partial charge in [0.25, 0.3) is 0 Å². The largest absolute Gasteiger partial charge is 0.439 e. The molecule has 0 amide bonds. The molecule has 2 aromatic carbocycles. The summed E-state index contributed by atoms with van der Waals surface area (Å²) in [6.07, 6.45) is 3.84. The number of hydrogen-bond donors (Lipinski definition) is 1. The van der Waals surface area contributed by atoms with E-state index in [2.05, 4.69) is 11.8 Å². The summed E-state index contributed by atoms with van der Waals surface area (Å²) in [4.78, 5) is 2.38. The van der Waals surface area contributed by atoms with Crippen LogP contribution in [0.2, 0.25) is 5.02 Å². The van der Waals surface area contributed by atoms with Crippen LogP contribution in [-0.4, -0.2) is 38.5 Å². The second-order valence-electron chi connectivity index (χ2n) is 8.28. The first-order chi connectivity index (χ1) is 15.0. The van der Waals surface area contributed by atoms with Gasteiger partial charge in [-0.15, -0.1) is 0 Å². The van der Waals surface area contributed by atoms with Crippen LogP contribution >= 0.6 is 11.6 Å². The molecule has 0 unspecified atom stereocenters. The zero-order valence-electron chi connectivity index (χ0n) is 18.2. The van der Waals surface area contributed by atoms with Crippen molar-refractivity contribution in [1.29, 1.82) is 0 Å². The van der Waals surface area contributed by atoms with E-state index in [0.717, 1.165) is 35.5 Å². The van der Waals surface area contributed by atoms with E-state index in [0.29, 0.717) is 30.0 Å². The van der Waals surface area contributed by atoms with E-state index in [1.165, 1.54) is 12.8 Å². The summed E-state index contributed by atoms with van der Waals surface area (Å²) < 4.78 is 8.21. The van der Waals surface area contributed by atoms with Crippen LogP contribution in [0.5, 0.6) is 11.6 Å². The highest BCUT2D eigenvalue weighted by molar-refractivity contribution is 6.30. The van der Waals surface area contributed by atoms with Gasteiger partial charge in [0.15, 0.2) is 0 Å². The first kappa shape index (κ1) is 21.9. The highest BCUT2D eigenvalue weighted by Crippen LogP contribution is 2.35. The maximum Gasteiger partial charge on any atom is 0.227 e. The van der Waals surface area contributed by atoms with Crippen LogP contribution in [0, 0.1) is 6.92 Å². The summed E-state index contributed by atoms with van der Waals surface area (Å²) >= 11 is 6.26. The van der Waals surface area contributed by atoms with Gasteiger partial charge in [0, 0.05) is 24.2 Å². The average molecular weight is 440 g/mol. The molecule has 6 heteroatoms. The molecule has 0 radical (unpaired) electrons. The Bertz CT molecular complexity index is 1000. The predicted octanol–water partition coefficient (Wildman–Crippen LogP) is 5.75. The number of aliphatic hydroxyl groups is 1. The third-order valence-corrected chi connectivity index (χ3v) is 5.87. The molecule has 1 atom stereocenters. The third-order valence-electron chi connectivity index (χ3n) is 5.64. The van der Waals surface area contributed by atoms with Crippen LogP contribution in [0.25, 0.3) is 5.69 Å². The smallest absolute Gasteiger partial charge is 0.227 e. The summed E-state index contributed by atoms with van der Waals surface area (Å²) in [5.74, 6) is 1.46. The minimum absolute atomic E-state index is 0.313. The van der Waals surface area contributed by atoms with Gasteiger partial charge in [-0.3, -0.25) is 4.90 Å². The Balaban J connectivity index is 1.70. The van der Waals surface area contributed by atoms with Crippen LogP contribution in [0.3, 0.4) is 0 Å². The highest BCUT2D eigenvalue weighted by Gasteiger charge is 2.32. The van der Waals surface area contributed by atoms with Crippen LogP contribution in [0.1, 0.15) is 43.9 Å². The number of rotatable bonds is 10. The van der Waals surface area contributed by atoms with Crippen LogP contribution in [-0.2, 0) is 6.54 Å². The van der Waals surface area contributed by atoms with E-state index in [9.17, 15) is 5.11 Å². The molecule has 0 saturated heterocycles. The number of ether oxygens (including phenoxy) is 1. The summed E-state index contributed by atoms with van der Waals surface area (Å²) in [5.41, 5.74) is 2.82. The molecule has 1 aromatic heterocycles. The molecule has 5 nitrogen and oxygen atoms in total. The van der Waals surface area contributed by atoms with Gasteiger partial charge in [-0.2, -0.15) is 5.10 Å². The molecule has 1 N–H and O–H groups in total. The van der Waals surface area contributed by atoms with Gasteiger partial charge < -0.3 is 9.84 Å². The van der Waals surface area contributed by atoms with E-state index in [1.54, 1.807) is 0 Å². The number of aliphatic hydroxyl groups excluding tert-OH is 1. The molecular formula is C25H30ClN3O2. The molecule has 1 fully saturated rings. The van der Waals surface area contributed by atoms with E-state index < -0.39 is 0 Å². The topological polar surface area (TPSA) is 50.5 Å². The zero-order chi connectivity index (χ0) is 21.8. The van der Waals surface area contributed by atoms with Gasteiger partial charge >= 0.3 is 0 Å². The maximum atomic E-state index is 10.5. The van der Waals surface area contributed by atoms with Crippen molar-refractivity contribution in [2.45, 2.75) is 58.2 Å². The van der Waals surface area contributed by atoms with Crippen LogP contribution in [0.15, 0.2) is 54.6 Å². The summed E-state index contributed by atoms with van der Waals surface area (Å²) in [5, 5.41) is 15.9. The normalized spacial score (nSPS) is 14.7. The lowest BCUT2D eigenvalue weighted by atomic mass is 10.1. The van der Waals surface area contributed by atoms with Crippen LogP contribution < -0.4 is 4.74 Å². The molecule has 164 valence electrons. The van der Waals surface area contributed by atoms with E-state index >= 15 is 0 Å². The monoisotopic (exact) mass is 439 g/mol. The SMILES string of the molecule is CCC[C@H](O)CN(Cc1c(C)nn(-c2cccc(Cl)c2)c1Oc1ccccc1)C1CC1. The average Bonchev–Trinajstić information content (AvgIpc) is 3.55. The first-order valence-electron chi connectivity index (χ1n) is 11.0. The van der Waals surface area contributed by atoms with E-state index in [4.69, 9.17) is 21.4 Å². The predicted molar refractivity (Wildman–Crippen MR) is 124 cm³/mol. The Labute approximate surface area is 189 Å². The fraction of sp³-hybridized carbons (Fsp3) is 0.400. The molecule has 3 aromatic rings. The molecule has 31 heavy (non-hydrogen) atoms. The third kappa shape index (κ3) is 5.48. The van der Waals surface area contributed by atoms with Crippen molar-refractivity contribution in [3.63, 3.8) is 0 Å². The molecule has 1 saturated carbocycles. The first-order valence-corrected chi connectivity index (χ1v) is 11.4. The van der Waals surface area contributed by atoms with Gasteiger partial charge in [0.1, 0.15) is 5.75 Å². The number of nitrogens with zero attached hydrogens (tertiary/aromatic N) is 3. The van der Waals surface area contributed by atoms with Crippen molar-refractivity contribution in [3.05, 3.63) is 70.9 Å². The van der Waals surface area contributed by atoms with Crippen molar-refractivity contribution in [3.8, 4) is 17.3 Å². The summed E-state index contributed by atoms with van der Waals surface area (Å²) in [6, 6.07) is 17.9. The summed E-state index contributed by atoms with van der Waals surface area (Å²) in [6.45, 7) is 5.49.